The molecule has 1 aromatic rings. The van der Waals surface area contributed by atoms with E-state index >= 15 is 0 Å². The van der Waals surface area contributed by atoms with Crippen molar-refractivity contribution in [3.8, 4) is 5.75 Å². The van der Waals surface area contributed by atoms with Gasteiger partial charge in [-0.25, -0.2) is 4.39 Å². The Hall–Kier alpha value is -1.92. The van der Waals surface area contributed by atoms with Gasteiger partial charge < -0.3 is 20.5 Å². The van der Waals surface area contributed by atoms with E-state index in [2.05, 4.69) is 17.4 Å². The van der Waals surface area contributed by atoms with E-state index in [1.165, 1.54) is 5.56 Å². The lowest BCUT2D eigenvalue weighted by atomic mass is 9.51. The number of rotatable bonds is 9. The molecule has 1 amide bonds. The standard InChI is InChI=1S/C25H35FN2O3/c1-2-30-22-13-20(14-22)28-23(29)25-10-7-24(8-11-25,9-12-25)19-3-5-21(6-4-19)31-17-18(15-26)16-27/h3-6,15,20,22H,2,7-14,16-17,27H2,1H3,(H,28,29)/b18-15+/t20-,22+,24?,25?. The fourth-order valence-electron chi connectivity index (χ4n) is 5.57. The average Bonchev–Trinajstić information content (AvgIpc) is 2.80. The second kappa shape index (κ2) is 9.29. The van der Waals surface area contributed by atoms with Crippen LogP contribution in [-0.2, 0) is 14.9 Å². The van der Waals surface area contributed by atoms with E-state index in [0.717, 1.165) is 63.7 Å². The van der Waals surface area contributed by atoms with Crippen molar-refractivity contribution >= 4 is 5.91 Å². The first-order valence-electron chi connectivity index (χ1n) is 11.7. The number of halogens is 1. The van der Waals surface area contributed by atoms with Crippen LogP contribution in [0.3, 0.4) is 0 Å². The maximum absolute atomic E-state index is 13.1. The molecule has 0 aromatic heterocycles. The first-order valence-corrected chi connectivity index (χ1v) is 11.7. The van der Waals surface area contributed by atoms with Crippen LogP contribution in [0, 0.1) is 5.41 Å². The molecule has 4 saturated carbocycles. The summed E-state index contributed by atoms with van der Waals surface area (Å²) >= 11 is 0. The fraction of sp³-hybridized carbons (Fsp3) is 0.640. The predicted octanol–water partition coefficient (Wildman–Crippen LogP) is 4.15. The zero-order valence-electron chi connectivity index (χ0n) is 18.5. The van der Waals surface area contributed by atoms with Crippen molar-refractivity contribution < 1.29 is 18.7 Å². The lowest BCUT2D eigenvalue weighted by molar-refractivity contribution is -0.140. The minimum atomic E-state index is -0.182. The third kappa shape index (κ3) is 4.51. The number of carbonyl (C=O) groups excluding carboxylic acids is 1. The summed E-state index contributed by atoms with van der Waals surface area (Å²) in [5.74, 6) is 0.986. The van der Waals surface area contributed by atoms with Crippen LogP contribution >= 0.6 is 0 Å². The summed E-state index contributed by atoms with van der Waals surface area (Å²) in [6.45, 7) is 3.08. The second-order valence-corrected chi connectivity index (χ2v) is 9.56. The molecule has 0 saturated heterocycles. The minimum Gasteiger partial charge on any atom is -0.489 e. The Balaban J connectivity index is 1.32. The van der Waals surface area contributed by atoms with Crippen molar-refractivity contribution in [1.82, 2.24) is 5.32 Å². The zero-order valence-corrected chi connectivity index (χ0v) is 18.5. The van der Waals surface area contributed by atoms with Gasteiger partial charge in [-0.15, -0.1) is 0 Å². The molecule has 5 nitrogen and oxygen atoms in total. The zero-order chi connectivity index (χ0) is 21.9. The Morgan fingerprint density at radius 1 is 1.16 bits per heavy atom. The molecule has 3 N–H and O–H groups in total. The first-order chi connectivity index (χ1) is 15.0. The fourth-order valence-corrected chi connectivity index (χ4v) is 5.57. The number of hydrogen-bond acceptors (Lipinski definition) is 4. The van der Waals surface area contributed by atoms with E-state index in [4.69, 9.17) is 15.2 Å². The van der Waals surface area contributed by atoms with Crippen LogP contribution in [0.15, 0.2) is 36.2 Å². The highest BCUT2D eigenvalue weighted by Gasteiger charge is 2.53. The lowest BCUT2D eigenvalue weighted by Gasteiger charge is -2.53. The average molecular weight is 431 g/mol. The van der Waals surface area contributed by atoms with Gasteiger partial charge in [0.05, 0.1) is 12.4 Å². The number of nitrogens with two attached hydrogens (primary N) is 1. The van der Waals surface area contributed by atoms with Gasteiger partial charge in [-0.05, 0) is 81.4 Å². The normalized spacial score (nSPS) is 32.4. The van der Waals surface area contributed by atoms with E-state index in [-0.39, 0.29) is 35.9 Å². The number of fused-ring (bicyclic) bond motifs is 3. The number of hydrogen-bond donors (Lipinski definition) is 2. The smallest absolute Gasteiger partial charge is 0.226 e. The Bertz CT molecular complexity index is 777. The third-order valence-corrected chi connectivity index (χ3v) is 7.87. The molecule has 4 aliphatic rings. The van der Waals surface area contributed by atoms with Crippen LogP contribution in [0.25, 0.3) is 0 Å². The van der Waals surface area contributed by atoms with Crippen LogP contribution < -0.4 is 15.8 Å². The van der Waals surface area contributed by atoms with Crippen LogP contribution in [0.1, 0.15) is 63.9 Å². The van der Waals surface area contributed by atoms with Gasteiger partial charge >= 0.3 is 0 Å². The van der Waals surface area contributed by atoms with Crippen molar-refractivity contribution in [3.05, 3.63) is 41.7 Å². The van der Waals surface area contributed by atoms with Crippen molar-refractivity contribution in [2.45, 2.75) is 75.9 Å². The number of ether oxygens (including phenoxy) is 2. The molecule has 0 heterocycles. The molecule has 170 valence electrons. The highest BCUT2D eigenvalue weighted by Crippen LogP contribution is 2.58. The summed E-state index contributed by atoms with van der Waals surface area (Å²) in [7, 11) is 0. The van der Waals surface area contributed by atoms with E-state index in [9.17, 15) is 9.18 Å². The third-order valence-electron chi connectivity index (χ3n) is 7.87. The minimum absolute atomic E-state index is 0.154. The van der Waals surface area contributed by atoms with E-state index in [0.29, 0.717) is 18.0 Å². The molecule has 4 aliphatic carbocycles. The van der Waals surface area contributed by atoms with Crippen LogP contribution in [0.4, 0.5) is 4.39 Å². The van der Waals surface area contributed by atoms with Gasteiger partial charge in [-0.1, -0.05) is 12.1 Å². The summed E-state index contributed by atoms with van der Waals surface area (Å²) in [4.78, 5) is 13.1. The molecule has 6 heteroatoms. The SMILES string of the molecule is CCO[C@H]1C[C@@H](NC(=O)C23CCC(c4ccc(OC/C(=C/F)CN)cc4)(CC2)CC3)C1. The summed E-state index contributed by atoms with van der Waals surface area (Å²) in [6, 6.07) is 8.48. The predicted molar refractivity (Wildman–Crippen MR) is 119 cm³/mol. The van der Waals surface area contributed by atoms with E-state index in [1.807, 2.05) is 19.1 Å². The molecule has 0 radical (unpaired) electrons. The summed E-state index contributed by atoms with van der Waals surface area (Å²) in [6.07, 6.45) is 8.75. The van der Waals surface area contributed by atoms with E-state index < -0.39 is 0 Å². The molecule has 0 atom stereocenters. The number of amides is 1. The largest absolute Gasteiger partial charge is 0.489 e. The molecule has 0 aliphatic heterocycles. The van der Waals surface area contributed by atoms with Gasteiger partial charge in [0.15, 0.2) is 0 Å². The van der Waals surface area contributed by atoms with Gasteiger partial charge in [-0.3, -0.25) is 4.79 Å². The number of nitrogens with one attached hydrogen (secondary N) is 1. The Morgan fingerprint density at radius 3 is 2.35 bits per heavy atom. The maximum Gasteiger partial charge on any atom is 0.226 e. The van der Waals surface area contributed by atoms with Crippen molar-refractivity contribution in [2.75, 3.05) is 19.8 Å². The Kier molecular flexibility index (Phi) is 6.68. The Labute approximate surface area is 184 Å². The summed E-state index contributed by atoms with van der Waals surface area (Å²) in [5.41, 5.74) is 7.22. The molecule has 0 unspecified atom stereocenters. The molecular formula is C25H35FN2O3. The Morgan fingerprint density at radius 2 is 1.81 bits per heavy atom. The van der Waals surface area contributed by atoms with Gasteiger partial charge in [0.1, 0.15) is 12.4 Å². The second-order valence-electron chi connectivity index (χ2n) is 9.56. The highest BCUT2D eigenvalue weighted by molar-refractivity contribution is 5.83. The molecular weight excluding hydrogens is 395 g/mol. The lowest BCUT2D eigenvalue weighted by Crippen LogP contribution is -2.56. The number of benzene rings is 1. The molecule has 1 aromatic carbocycles. The van der Waals surface area contributed by atoms with Crippen LogP contribution in [0.2, 0.25) is 0 Å². The molecule has 0 spiro atoms. The highest BCUT2D eigenvalue weighted by atomic mass is 19.1. The number of carbonyl (C=O) groups is 1. The maximum atomic E-state index is 13.1. The summed E-state index contributed by atoms with van der Waals surface area (Å²) < 4.78 is 23.9. The van der Waals surface area contributed by atoms with E-state index in [1.54, 1.807) is 0 Å². The molecule has 2 bridgehead atoms. The molecule has 4 fully saturated rings. The van der Waals surface area contributed by atoms with Crippen molar-refractivity contribution in [2.24, 2.45) is 11.1 Å². The van der Waals surface area contributed by atoms with Crippen LogP contribution in [0.5, 0.6) is 5.75 Å². The van der Waals surface area contributed by atoms with Gasteiger partial charge in [-0.2, -0.15) is 0 Å². The van der Waals surface area contributed by atoms with Gasteiger partial charge in [0.25, 0.3) is 0 Å². The van der Waals surface area contributed by atoms with Crippen molar-refractivity contribution in [1.29, 1.82) is 0 Å². The van der Waals surface area contributed by atoms with Crippen LogP contribution in [-0.4, -0.2) is 37.8 Å². The first kappa shape index (κ1) is 22.3. The van der Waals surface area contributed by atoms with Gasteiger partial charge in [0, 0.05) is 30.2 Å². The monoisotopic (exact) mass is 430 g/mol. The van der Waals surface area contributed by atoms with Crippen molar-refractivity contribution in [3.63, 3.8) is 0 Å². The molecule has 31 heavy (non-hydrogen) atoms. The molecule has 5 rings (SSSR count). The van der Waals surface area contributed by atoms with Gasteiger partial charge in [0.2, 0.25) is 5.91 Å². The quantitative estimate of drug-likeness (QED) is 0.617. The topological polar surface area (TPSA) is 73.6 Å². The summed E-state index contributed by atoms with van der Waals surface area (Å²) in [5, 5.41) is 3.31.